The van der Waals surface area contributed by atoms with E-state index < -0.39 is 0 Å². The summed E-state index contributed by atoms with van der Waals surface area (Å²) in [4.78, 5) is 29.4. The highest BCUT2D eigenvalue weighted by Crippen LogP contribution is 2.22. The predicted octanol–water partition coefficient (Wildman–Crippen LogP) is 4.62. The first kappa shape index (κ1) is 20.8. The number of unbranched alkanes of at least 4 members (excludes halogenated alkanes) is 2. The molecule has 1 heterocycles. The summed E-state index contributed by atoms with van der Waals surface area (Å²) in [6.07, 6.45) is 5.83. The highest BCUT2D eigenvalue weighted by atomic mass is 35.5. The fourth-order valence-corrected chi connectivity index (χ4v) is 3.52. The van der Waals surface area contributed by atoms with Gasteiger partial charge in [0.2, 0.25) is 5.91 Å². The van der Waals surface area contributed by atoms with Crippen molar-refractivity contribution in [2.24, 2.45) is 5.92 Å². The van der Waals surface area contributed by atoms with Crippen molar-refractivity contribution in [1.29, 1.82) is 0 Å². The van der Waals surface area contributed by atoms with Crippen molar-refractivity contribution in [2.75, 3.05) is 26.2 Å². The van der Waals surface area contributed by atoms with E-state index >= 15 is 0 Å². The molecule has 2 rings (SSSR count). The lowest BCUT2D eigenvalue weighted by atomic mass is 9.94. The van der Waals surface area contributed by atoms with Crippen molar-refractivity contribution >= 4 is 23.4 Å². The van der Waals surface area contributed by atoms with Gasteiger partial charge in [-0.25, -0.2) is 0 Å². The third-order valence-corrected chi connectivity index (χ3v) is 5.35. The van der Waals surface area contributed by atoms with Gasteiger partial charge in [-0.3, -0.25) is 9.59 Å². The molecule has 0 N–H and O–H groups in total. The Morgan fingerprint density at radius 3 is 2.08 bits per heavy atom. The molecule has 1 aliphatic rings. The van der Waals surface area contributed by atoms with Gasteiger partial charge in [0.1, 0.15) is 0 Å². The third kappa shape index (κ3) is 5.73. The number of hydrogen-bond donors (Lipinski definition) is 0. The van der Waals surface area contributed by atoms with Crippen LogP contribution < -0.4 is 0 Å². The highest BCUT2D eigenvalue weighted by molar-refractivity contribution is 6.30. The zero-order chi connectivity index (χ0) is 18.9. The maximum atomic E-state index is 12.9. The minimum Gasteiger partial charge on any atom is -0.342 e. The van der Waals surface area contributed by atoms with Crippen molar-refractivity contribution in [2.45, 2.75) is 52.4 Å². The second-order valence-corrected chi connectivity index (χ2v) is 7.54. The molecule has 0 saturated carbocycles. The summed E-state index contributed by atoms with van der Waals surface area (Å²) in [5.74, 6) is 0.366. The molecule has 1 fully saturated rings. The number of likely N-dealkylation sites (tertiary alicyclic amines) is 1. The normalized spacial score (nSPS) is 15.1. The van der Waals surface area contributed by atoms with Crippen LogP contribution in [-0.2, 0) is 4.79 Å². The van der Waals surface area contributed by atoms with Gasteiger partial charge in [-0.05, 0) is 49.9 Å². The van der Waals surface area contributed by atoms with Crippen LogP contribution >= 0.6 is 11.6 Å². The van der Waals surface area contributed by atoms with Crippen molar-refractivity contribution in [3.05, 3.63) is 34.9 Å². The molecule has 0 unspecified atom stereocenters. The van der Waals surface area contributed by atoms with Crippen LogP contribution in [-0.4, -0.2) is 47.8 Å². The van der Waals surface area contributed by atoms with Crippen LogP contribution in [0.4, 0.5) is 0 Å². The maximum absolute atomic E-state index is 12.9. The molecule has 26 heavy (non-hydrogen) atoms. The molecule has 1 aromatic rings. The zero-order valence-electron chi connectivity index (χ0n) is 16.0. The average Bonchev–Trinajstić information content (AvgIpc) is 2.68. The molecular formula is C21H31ClN2O2. The van der Waals surface area contributed by atoms with Crippen LogP contribution in [0, 0.1) is 5.92 Å². The summed E-state index contributed by atoms with van der Waals surface area (Å²) in [5.41, 5.74) is 0.659. The van der Waals surface area contributed by atoms with E-state index in [0.717, 1.165) is 51.6 Å². The monoisotopic (exact) mass is 378 g/mol. The number of rotatable bonds is 8. The fourth-order valence-electron chi connectivity index (χ4n) is 3.39. The van der Waals surface area contributed by atoms with Gasteiger partial charge in [-0.15, -0.1) is 0 Å². The third-order valence-electron chi connectivity index (χ3n) is 5.10. The standard InChI is InChI=1S/C21H31ClN2O2/c1-3-5-13-23(14-6-4-2)21(26)18-11-15-24(16-12-18)20(25)17-7-9-19(22)10-8-17/h7-10,18H,3-6,11-16H2,1-2H3. The number of carbonyl (C=O) groups excluding carboxylic acids is 2. The largest absolute Gasteiger partial charge is 0.342 e. The Labute approximate surface area is 162 Å². The summed E-state index contributed by atoms with van der Waals surface area (Å²) in [6.45, 7) is 7.33. The Hall–Kier alpha value is -1.55. The van der Waals surface area contributed by atoms with E-state index in [1.165, 1.54) is 0 Å². The van der Waals surface area contributed by atoms with Gasteiger partial charge in [-0.1, -0.05) is 38.3 Å². The number of piperidine rings is 1. The van der Waals surface area contributed by atoms with Crippen LogP contribution in [0.15, 0.2) is 24.3 Å². The highest BCUT2D eigenvalue weighted by Gasteiger charge is 2.30. The first-order valence-electron chi connectivity index (χ1n) is 9.90. The lowest BCUT2D eigenvalue weighted by Gasteiger charge is -2.34. The minimum atomic E-state index is 0.0291. The number of nitrogens with zero attached hydrogens (tertiary/aromatic N) is 2. The molecule has 0 aliphatic carbocycles. The van der Waals surface area contributed by atoms with E-state index in [0.29, 0.717) is 23.7 Å². The van der Waals surface area contributed by atoms with E-state index in [1.807, 2.05) is 9.80 Å². The van der Waals surface area contributed by atoms with E-state index in [-0.39, 0.29) is 17.7 Å². The summed E-state index contributed by atoms with van der Waals surface area (Å²) in [7, 11) is 0. The second kappa shape index (κ2) is 10.6. The van der Waals surface area contributed by atoms with Gasteiger partial charge in [0, 0.05) is 42.7 Å². The number of hydrogen-bond acceptors (Lipinski definition) is 2. The molecule has 5 heteroatoms. The Morgan fingerprint density at radius 1 is 1.04 bits per heavy atom. The quantitative estimate of drug-likeness (QED) is 0.662. The van der Waals surface area contributed by atoms with Crippen LogP contribution in [0.2, 0.25) is 5.02 Å². The van der Waals surface area contributed by atoms with Gasteiger partial charge in [0.15, 0.2) is 0 Å². The summed E-state index contributed by atoms with van der Waals surface area (Å²) >= 11 is 5.89. The van der Waals surface area contributed by atoms with Gasteiger partial charge in [0.25, 0.3) is 5.91 Å². The molecule has 4 nitrogen and oxygen atoms in total. The Kier molecular flexibility index (Phi) is 8.43. The molecule has 144 valence electrons. The Balaban J connectivity index is 1.90. The molecule has 1 aliphatic heterocycles. The topological polar surface area (TPSA) is 40.6 Å². The molecule has 1 saturated heterocycles. The number of halogens is 1. The Morgan fingerprint density at radius 2 is 1.58 bits per heavy atom. The zero-order valence-corrected chi connectivity index (χ0v) is 16.8. The first-order chi connectivity index (χ1) is 12.6. The molecule has 0 aromatic heterocycles. The average molecular weight is 379 g/mol. The first-order valence-corrected chi connectivity index (χ1v) is 10.3. The lowest BCUT2D eigenvalue weighted by Crippen LogP contribution is -2.45. The van der Waals surface area contributed by atoms with Gasteiger partial charge >= 0.3 is 0 Å². The summed E-state index contributed by atoms with van der Waals surface area (Å²) in [6, 6.07) is 7.01. The number of amides is 2. The molecule has 0 spiro atoms. The van der Waals surface area contributed by atoms with Crippen LogP contribution in [0.25, 0.3) is 0 Å². The molecular weight excluding hydrogens is 348 g/mol. The van der Waals surface area contributed by atoms with Crippen molar-refractivity contribution < 1.29 is 9.59 Å². The molecule has 1 aromatic carbocycles. The van der Waals surface area contributed by atoms with Gasteiger partial charge in [0.05, 0.1) is 0 Å². The van der Waals surface area contributed by atoms with Crippen molar-refractivity contribution in [3.8, 4) is 0 Å². The van der Waals surface area contributed by atoms with Crippen LogP contribution in [0.5, 0.6) is 0 Å². The van der Waals surface area contributed by atoms with Crippen molar-refractivity contribution in [3.63, 3.8) is 0 Å². The molecule has 0 radical (unpaired) electrons. The number of carbonyl (C=O) groups is 2. The van der Waals surface area contributed by atoms with Crippen LogP contribution in [0.3, 0.4) is 0 Å². The molecule has 2 amide bonds. The van der Waals surface area contributed by atoms with Gasteiger partial charge < -0.3 is 9.80 Å². The second-order valence-electron chi connectivity index (χ2n) is 7.11. The maximum Gasteiger partial charge on any atom is 0.253 e. The fraction of sp³-hybridized carbons (Fsp3) is 0.619. The van der Waals surface area contributed by atoms with Gasteiger partial charge in [-0.2, -0.15) is 0 Å². The van der Waals surface area contributed by atoms with E-state index in [4.69, 9.17) is 11.6 Å². The summed E-state index contributed by atoms with van der Waals surface area (Å²) in [5, 5.41) is 0.630. The molecule has 0 bridgehead atoms. The minimum absolute atomic E-state index is 0.0291. The van der Waals surface area contributed by atoms with Crippen molar-refractivity contribution in [1.82, 2.24) is 9.80 Å². The van der Waals surface area contributed by atoms with Crippen LogP contribution in [0.1, 0.15) is 62.7 Å². The summed E-state index contributed by atoms with van der Waals surface area (Å²) < 4.78 is 0. The lowest BCUT2D eigenvalue weighted by molar-refractivity contribution is -0.137. The predicted molar refractivity (Wildman–Crippen MR) is 106 cm³/mol. The SMILES string of the molecule is CCCCN(CCCC)C(=O)C1CCN(C(=O)c2ccc(Cl)cc2)CC1. The van der Waals surface area contributed by atoms with E-state index in [9.17, 15) is 9.59 Å². The number of benzene rings is 1. The van der Waals surface area contributed by atoms with E-state index in [2.05, 4.69) is 13.8 Å². The van der Waals surface area contributed by atoms with E-state index in [1.54, 1.807) is 24.3 Å². The molecule has 0 atom stereocenters. The smallest absolute Gasteiger partial charge is 0.253 e. The Bertz CT molecular complexity index is 572.